The second-order valence-corrected chi connectivity index (χ2v) is 7.10. The van der Waals surface area contributed by atoms with Crippen molar-refractivity contribution < 1.29 is 4.92 Å². The zero-order valence-electron chi connectivity index (χ0n) is 14.1. The fourth-order valence-electron chi connectivity index (χ4n) is 2.49. The minimum Gasteiger partial charge on any atom is -0.287 e. The molecule has 6 heteroatoms. The molecule has 0 spiro atoms. The topological polar surface area (TPSA) is 61.0 Å². The average molecular weight is 353 g/mol. The number of benzene rings is 2. The fourth-order valence-corrected chi connectivity index (χ4v) is 3.43. The minimum atomic E-state index is -0.374. The van der Waals surface area contributed by atoms with E-state index in [0.717, 1.165) is 27.9 Å². The van der Waals surface area contributed by atoms with Crippen molar-refractivity contribution in [3.05, 3.63) is 70.9 Å². The molecule has 5 nitrogen and oxygen atoms in total. The molecule has 3 aromatic rings. The van der Waals surface area contributed by atoms with Gasteiger partial charge >= 0.3 is 0 Å². The van der Waals surface area contributed by atoms with E-state index in [2.05, 4.69) is 23.4 Å². The Bertz CT molecular complexity index is 875. The third-order valence-electron chi connectivity index (χ3n) is 3.64. The van der Waals surface area contributed by atoms with Gasteiger partial charge in [0.2, 0.25) is 0 Å². The van der Waals surface area contributed by atoms with E-state index in [1.54, 1.807) is 30.1 Å². The Morgan fingerprint density at radius 3 is 2.60 bits per heavy atom. The maximum absolute atomic E-state index is 11.1. The third-order valence-corrected chi connectivity index (χ3v) is 5.02. The predicted octanol–water partition coefficient (Wildman–Crippen LogP) is 5.20. The number of thioether (sulfide) groups is 1. The molecule has 0 N–H and O–H groups in total. The van der Waals surface area contributed by atoms with Crippen LogP contribution in [0.1, 0.15) is 13.8 Å². The highest BCUT2D eigenvalue weighted by molar-refractivity contribution is 7.99. The smallest absolute Gasteiger partial charge is 0.270 e. The predicted molar refractivity (Wildman–Crippen MR) is 101 cm³/mol. The Balaban J connectivity index is 2.10. The summed E-state index contributed by atoms with van der Waals surface area (Å²) in [5, 5.41) is 12.0. The molecule has 25 heavy (non-hydrogen) atoms. The second kappa shape index (κ2) is 7.53. The van der Waals surface area contributed by atoms with Gasteiger partial charge < -0.3 is 0 Å². The van der Waals surface area contributed by atoms with Crippen molar-refractivity contribution in [2.75, 3.05) is 5.75 Å². The summed E-state index contributed by atoms with van der Waals surface area (Å²) in [4.78, 5) is 15.3. The van der Waals surface area contributed by atoms with Crippen LogP contribution >= 0.6 is 11.8 Å². The van der Waals surface area contributed by atoms with Crippen LogP contribution in [-0.2, 0) is 0 Å². The van der Waals surface area contributed by atoms with Gasteiger partial charge in [0.1, 0.15) is 0 Å². The van der Waals surface area contributed by atoms with Crippen LogP contribution in [0, 0.1) is 16.0 Å². The van der Waals surface area contributed by atoms with E-state index in [0.29, 0.717) is 5.92 Å². The molecule has 0 aliphatic rings. The van der Waals surface area contributed by atoms with Crippen LogP contribution in [0.3, 0.4) is 0 Å². The number of rotatable bonds is 6. The second-order valence-electron chi connectivity index (χ2n) is 6.11. The zero-order valence-corrected chi connectivity index (χ0v) is 14.9. The fraction of sp³-hybridized carbons (Fsp3) is 0.211. The van der Waals surface area contributed by atoms with E-state index in [9.17, 15) is 10.1 Å². The van der Waals surface area contributed by atoms with Gasteiger partial charge in [-0.3, -0.25) is 14.7 Å². The highest BCUT2D eigenvalue weighted by atomic mass is 32.2. The van der Waals surface area contributed by atoms with Crippen molar-refractivity contribution in [1.29, 1.82) is 0 Å². The number of nitrogens with zero attached hydrogens (tertiary/aromatic N) is 3. The maximum atomic E-state index is 11.1. The van der Waals surface area contributed by atoms with Crippen molar-refractivity contribution in [3.63, 3.8) is 0 Å². The highest BCUT2D eigenvalue weighted by Gasteiger charge is 2.16. The molecule has 0 saturated heterocycles. The number of hydrogen-bond acceptors (Lipinski definition) is 4. The first-order chi connectivity index (χ1) is 12.1. The molecule has 128 valence electrons. The van der Waals surface area contributed by atoms with E-state index in [-0.39, 0.29) is 10.6 Å². The SMILES string of the molecule is CC(C)CSc1ncc(-c2cccc([N+](=O)[O-])c2)n1-c1ccccc1. The largest absolute Gasteiger partial charge is 0.287 e. The lowest BCUT2D eigenvalue weighted by molar-refractivity contribution is -0.384. The van der Waals surface area contributed by atoms with Crippen LogP contribution in [0.4, 0.5) is 5.69 Å². The van der Waals surface area contributed by atoms with Gasteiger partial charge in [-0.15, -0.1) is 0 Å². The van der Waals surface area contributed by atoms with Crippen LogP contribution in [0.2, 0.25) is 0 Å². The van der Waals surface area contributed by atoms with E-state index < -0.39 is 0 Å². The minimum absolute atomic E-state index is 0.0784. The van der Waals surface area contributed by atoms with Gasteiger partial charge in [0.15, 0.2) is 5.16 Å². The van der Waals surface area contributed by atoms with E-state index in [1.165, 1.54) is 6.07 Å². The summed E-state index contributed by atoms with van der Waals surface area (Å²) in [6, 6.07) is 16.6. The molecule has 0 bridgehead atoms. The Labute approximate surface area is 150 Å². The van der Waals surface area contributed by atoms with Crippen molar-refractivity contribution in [2.24, 2.45) is 5.92 Å². The molecule has 0 radical (unpaired) electrons. The number of nitro benzene ring substituents is 1. The standard InChI is InChI=1S/C19H19N3O2S/c1-14(2)13-25-19-20-12-18(21(19)16-8-4-3-5-9-16)15-7-6-10-17(11-15)22(23)24/h3-12,14H,13H2,1-2H3. The maximum Gasteiger partial charge on any atom is 0.270 e. The first-order valence-corrected chi connectivity index (χ1v) is 9.05. The molecular weight excluding hydrogens is 334 g/mol. The van der Waals surface area contributed by atoms with Gasteiger partial charge in [-0.05, 0) is 18.1 Å². The van der Waals surface area contributed by atoms with Crippen LogP contribution in [-0.4, -0.2) is 20.2 Å². The third kappa shape index (κ3) is 3.91. The van der Waals surface area contributed by atoms with Crippen molar-refractivity contribution >= 4 is 17.4 Å². The lowest BCUT2D eigenvalue weighted by Crippen LogP contribution is -2.01. The van der Waals surface area contributed by atoms with Gasteiger partial charge in [0.05, 0.1) is 16.8 Å². The van der Waals surface area contributed by atoms with Gasteiger partial charge in [0, 0.05) is 29.1 Å². The Morgan fingerprint density at radius 1 is 1.16 bits per heavy atom. The zero-order chi connectivity index (χ0) is 17.8. The van der Waals surface area contributed by atoms with Gasteiger partial charge in [-0.2, -0.15) is 0 Å². The number of aromatic nitrogens is 2. The van der Waals surface area contributed by atoms with Gasteiger partial charge in [0.25, 0.3) is 5.69 Å². The summed E-state index contributed by atoms with van der Waals surface area (Å²) in [6.07, 6.45) is 1.79. The number of imidazole rings is 1. The molecule has 1 heterocycles. The van der Waals surface area contributed by atoms with Crippen molar-refractivity contribution in [2.45, 2.75) is 19.0 Å². The number of non-ortho nitro benzene ring substituents is 1. The molecule has 0 aliphatic heterocycles. The van der Waals surface area contributed by atoms with Crippen LogP contribution in [0.25, 0.3) is 16.9 Å². The summed E-state index contributed by atoms with van der Waals surface area (Å²) in [5.74, 6) is 1.50. The molecule has 0 saturated carbocycles. The molecule has 0 aliphatic carbocycles. The van der Waals surface area contributed by atoms with Crippen molar-refractivity contribution in [3.8, 4) is 16.9 Å². The summed E-state index contributed by atoms with van der Waals surface area (Å²) in [5.41, 5.74) is 2.70. The molecule has 0 unspecified atom stereocenters. The van der Waals surface area contributed by atoms with Crippen LogP contribution in [0.15, 0.2) is 66.0 Å². The van der Waals surface area contributed by atoms with E-state index in [1.807, 2.05) is 36.4 Å². The lowest BCUT2D eigenvalue weighted by atomic mass is 10.1. The van der Waals surface area contributed by atoms with Gasteiger partial charge in [-0.1, -0.05) is 55.9 Å². The first kappa shape index (κ1) is 17.2. The number of hydrogen-bond donors (Lipinski definition) is 0. The monoisotopic (exact) mass is 353 g/mol. The molecule has 0 amide bonds. The first-order valence-electron chi connectivity index (χ1n) is 8.07. The molecular formula is C19H19N3O2S. The highest BCUT2D eigenvalue weighted by Crippen LogP contribution is 2.31. The number of para-hydroxylation sites is 1. The Morgan fingerprint density at radius 2 is 1.92 bits per heavy atom. The van der Waals surface area contributed by atoms with Gasteiger partial charge in [-0.25, -0.2) is 4.98 Å². The van der Waals surface area contributed by atoms with Crippen molar-refractivity contribution in [1.82, 2.24) is 9.55 Å². The van der Waals surface area contributed by atoms with E-state index >= 15 is 0 Å². The molecule has 3 rings (SSSR count). The molecule has 1 aromatic heterocycles. The summed E-state index contributed by atoms with van der Waals surface area (Å²) in [7, 11) is 0. The summed E-state index contributed by atoms with van der Waals surface area (Å²) >= 11 is 1.69. The van der Waals surface area contributed by atoms with Crippen LogP contribution in [0.5, 0.6) is 0 Å². The Kier molecular flexibility index (Phi) is 5.19. The van der Waals surface area contributed by atoms with E-state index in [4.69, 9.17) is 0 Å². The summed E-state index contributed by atoms with van der Waals surface area (Å²) in [6.45, 7) is 4.34. The average Bonchev–Trinajstić information content (AvgIpc) is 3.04. The lowest BCUT2D eigenvalue weighted by Gasteiger charge is -2.12. The number of nitro groups is 1. The molecule has 0 fully saturated rings. The molecule has 0 atom stereocenters. The van der Waals surface area contributed by atoms with Crippen LogP contribution < -0.4 is 0 Å². The Hall–Kier alpha value is -2.60. The molecule has 2 aromatic carbocycles. The normalized spacial score (nSPS) is 11.0. The summed E-state index contributed by atoms with van der Waals surface area (Å²) < 4.78 is 2.06. The quantitative estimate of drug-likeness (QED) is 0.347.